The van der Waals surface area contributed by atoms with Crippen LogP contribution in [0.1, 0.15) is 34.1 Å². The van der Waals surface area contributed by atoms with E-state index in [-0.39, 0.29) is 11.0 Å². The summed E-state index contributed by atoms with van der Waals surface area (Å²) >= 11 is 0. The van der Waals surface area contributed by atoms with E-state index in [2.05, 4.69) is 39.2 Å². The maximum atomic E-state index is 11.4. The molecule has 5 nitrogen and oxygen atoms in total. The second-order valence-electron chi connectivity index (χ2n) is 6.83. The van der Waals surface area contributed by atoms with E-state index in [0.29, 0.717) is 6.42 Å². The summed E-state index contributed by atoms with van der Waals surface area (Å²) in [7, 11) is -0.498. The predicted octanol–water partition coefficient (Wildman–Crippen LogP) is 2.27. The van der Waals surface area contributed by atoms with Gasteiger partial charge >= 0.3 is 5.97 Å². The first kappa shape index (κ1) is 19.3. The molecule has 6 heteroatoms. The van der Waals surface area contributed by atoms with Crippen LogP contribution in [-0.2, 0) is 14.0 Å². The molecular weight excluding hydrogens is 274 g/mol. The number of nitrogens with one attached hydrogen (secondary N) is 1. The highest BCUT2D eigenvalue weighted by atomic mass is 28.4. The van der Waals surface area contributed by atoms with E-state index in [9.17, 15) is 14.7 Å². The van der Waals surface area contributed by atoms with Gasteiger partial charge in [-0.05, 0) is 31.1 Å². The number of carbonyl (C=O) groups is 2. The molecule has 0 aromatic rings. The molecule has 0 aromatic heterocycles. The van der Waals surface area contributed by atoms with Crippen LogP contribution in [0.3, 0.4) is 0 Å². The smallest absolute Gasteiger partial charge is 0.323 e. The minimum absolute atomic E-state index is 0.0110. The summed E-state index contributed by atoms with van der Waals surface area (Å²) in [6.07, 6.45) is 0.606. The number of hydrogen-bond acceptors (Lipinski definition) is 4. The monoisotopic (exact) mass is 303 g/mol. The Morgan fingerprint density at radius 2 is 1.90 bits per heavy atom. The van der Waals surface area contributed by atoms with Gasteiger partial charge in [0, 0.05) is 6.42 Å². The van der Waals surface area contributed by atoms with Gasteiger partial charge in [-0.25, -0.2) is 0 Å². The summed E-state index contributed by atoms with van der Waals surface area (Å²) in [6.45, 7) is 12.4. The van der Waals surface area contributed by atoms with Crippen LogP contribution in [0.4, 0.5) is 0 Å². The molecule has 0 aliphatic rings. The van der Waals surface area contributed by atoms with Crippen molar-refractivity contribution in [3.05, 3.63) is 0 Å². The Bertz CT molecular complexity index is 339. The molecule has 0 aliphatic heterocycles. The first-order chi connectivity index (χ1) is 8.97. The quantitative estimate of drug-likeness (QED) is 0.531. The zero-order chi connectivity index (χ0) is 16.1. The van der Waals surface area contributed by atoms with Crippen molar-refractivity contribution in [1.29, 1.82) is 0 Å². The lowest BCUT2D eigenvalue weighted by Gasteiger charge is -2.42. The maximum Gasteiger partial charge on any atom is 0.323 e. The number of carboxylic acids is 1. The maximum absolute atomic E-state index is 11.4. The first-order valence-electron chi connectivity index (χ1n) is 6.99. The summed E-state index contributed by atoms with van der Waals surface area (Å²) in [5.41, 5.74) is 0. The Labute approximate surface area is 123 Å². The molecule has 118 valence electrons. The fourth-order valence-corrected chi connectivity index (χ4v) is 3.15. The van der Waals surface area contributed by atoms with Gasteiger partial charge in [-0.2, -0.15) is 0 Å². The Kier molecular flexibility index (Phi) is 7.07. The highest BCUT2D eigenvalue weighted by Crippen LogP contribution is 2.38. The number of aldehydes is 1. The van der Waals surface area contributed by atoms with E-state index in [1.165, 1.54) is 0 Å². The highest BCUT2D eigenvalue weighted by Gasteiger charge is 2.43. The van der Waals surface area contributed by atoms with Crippen molar-refractivity contribution in [3.63, 3.8) is 0 Å². The Hall–Kier alpha value is -0.723. The van der Waals surface area contributed by atoms with Crippen molar-refractivity contribution in [2.24, 2.45) is 5.92 Å². The summed E-state index contributed by atoms with van der Waals surface area (Å²) < 4.78 is 6.27. The Balaban J connectivity index is 5.33. The van der Waals surface area contributed by atoms with Crippen molar-refractivity contribution in [1.82, 2.24) is 5.32 Å². The van der Waals surface area contributed by atoms with Crippen molar-refractivity contribution >= 4 is 20.6 Å². The standard InChI is InChI=1S/C14H29NO4Si/c1-10(8-9-16)12(11(15-5)13(17)18)19-20(6,7)14(2,3)4/h9-12,15H,8H2,1-7H3,(H,17,18)/t10-,11+,12-/m1/s1. The minimum atomic E-state index is -2.10. The zero-order valence-electron chi connectivity index (χ0n) is 13.7. The molecule has 0 heterocycles. The summed E-state index contributed by atoms with van der Waals surface area (Å²) in [4.78, 5) is 22.2. The van der Waals surface area contributed by atoms with Crippen LogP contribution in [-0.4, -0.2) is 44.9 Å². The molecule has 0 saturated carbocycles. The van der Waals surface area contributed by atoms with Gasteiger partial charge in [0.05, 0.1) is 6.10 Å². The summed E-state index contributed by atoms with van der Waals surface area (Å²) in [5.74, 6) is -1.09. The highest BCUT2D eigenvalue weighted by molar-refractivity contribution is 6.74. The third-order valence-electron chi connectivity index (χ3n) is 4.17. The average molecular weight is 303 g/mol. The first-order valence-corrected chi connectivity index (χ1v) is 9.90. The molecule has 0 aromatic carbocycles. The third kappa shape index (κ3) is 4.99. The topological polar surface area (TPSA) is 75.6 Å². The molecule has 0 rings (SSSR count). The fraction of sp³-hybridized carbons (Fsp3) is 0.857. The molecule has 0 fully saturated rings. The second kappa shape index (κ2) is 7.33. The molecule has 0 saturated heterocycles. The van der Waals surface area contributed by atoms with E-state index in [1.807, 2.05) is 6.92 Å². The summed E-state index contributed by atoms with van der Waals surface area (Å²) in [6, 6.07) is -0.806. The molecule has 0 spiro atoms. The minimum Gasteiger partial charge on any atom is -0.480 e. The largest absolute Gasteiger partial charge is 0.480 e. The normalized spacial score (nSPS) is 17.4. The average Bonchev–Trinajstić information content (AvgIpc) is 2.26. The van der Waals surface area contributed by atoms with Gasteiger partial charge in [0.15, 0.2) is 8.32 Å². The number of aliphatic carboxylic acids is 1. The van der Waals surface area contributed by atoms with Gasteiger partial charge < -0.3 is 19.6 Å². The number of likely N-dealkylation sites (N-methyl/N-ethyl adjacent to an activating group) is 1. The van der Waals surface area contributed by atoms with Crippen LogP contribution in [0.5, 0.6) is 0 Å². The van der Waals surface area contributed by atoms with Gasteiger partial charge in [0.2, 0.25) is 0 Å². The molecule has 0 unspecified atom stereocenters. The molecule has 3 atom stereocenters. The van der Waals surface area contributed by atoms with Crippen molar-refractivity contribution in [2.45, 2.75) is 64.4 Å². The molecule has 0 radical (unpaired) electrons. The Morgan fingerprint density at radius 1 is 1.40 bits per heavy atom. The Morgan fingerprint density at radius 3 is 2.20 bits per heavy atom. The van der Waals surface area contributed by atoms with E-state index >= 15 is 0 Å². The van der Waals surface area contributed by atoms with Crippen molar-refractivity contribution < 1.29 is 19.1 Å². The van der Waals surface area contributed by atoms with Gasteiger partial charge in [-0.15, -0.1) is 0 Å². The van der Waals surface area contributed by atoms with E-state index < -0.39 is 26.4 Å². The lowest BCUT2D eigenvalue weighted by atomic mass is 9.95. The van der Waals surface area contributed by atoms with Crippen LogP contribution < -0.4 is 5.32 Å². The third-order valence-corrected chi connectivity index (χ3v) is 8.65. The number of hydrogen-bond donors (Lipinski definition) is 2. The van der Waals surface area contributed by atoms with Crippen molar-refractivity contribution in [2.75, 3.05) is 7.05 Å². The molecule has 0 bridgehead atoms. The number of rotatable bonds is 8. The van der Waals surface area contributed by atoms with Crippen molar-refractivity contribution in [3.8, 4) is 0 Å². The van der Waals surface area contributed by atoms with Gasteiger partial charge in [-0.1, -0.05) is 27.7 Å². The predicted molar refractivity (Wildman–Crippen MR) is 82.4 cm³/mol. The SMILES string of the molecule is CN[C@H](C(=O)O)[C@H](O[Si](C)(C)C(C)(C)C)[C@H](C)CC=O. The lowest BCUT2D eigenvalue weighted by molar-refractivity contribution is -0.143. The molecule has 0 amide bonds. The molecule has 0 aliphatic carbocycles. The summed E-state index contributed by atoms with van der Waals surface area (Å²) in [5, 5.41) is 12.1. The van der Waals surface area contributed by atoms with Gasteiger partial charge in [0.25, 0.3) is 0 Å². The second-order valence-corrected chi connectivity index (χ2v) is 11.6. The zero-order valence-corrected chi connectivity index (χ0v) is 14.7. The van der Waals surface area contributed by atoms with Crippen LogP contribution in [0.15, 0.2) is 0 Å². The number of carboxylic acid groups (broad SMARTS) is 1. The number of carbonyl (C=O) groups excluding carboxylic acids is 1. The van der Waals surface area contributed by atoms with Crippen LogP contribution in [0.2, 0.25) is 18.1 Å². The lowest BCUT2D eigenvalue weighted by Crippen LogP contribution is -2.55. The van der Waals surface area contributed by atoms with Gasteiger partial charge in [-0.3, -0.25) is 4.79 Å². The van der Waals surface area contributed by atoms with E-state index in [1.54, 1.807) is 7.05 Å². The van der Waals surface area contributed by atoms with Crippen LogP contribution in [0.25, 0.3) is 0 Å². The van der Waals surface area contributed by atoms with E-state index in [4.69, 9.17) is 4.43 Å². The van der Waals surface area contributed by atoms with Crippen LogP contribution >= 0.6 is 0 Å². The molecule has 2 N–H and O–H groups in total. The molecule has 20 heavy (non-hydrogen) atoms. The van der Waals surface area contributed by atoms with E-state index in [0.717, 1.165) is 6.29 Å². The van der Waals surface area contributed by atoms with Crippen LogP contribution in [0, 0.1) is 5.92 Å². The molecular formula is C14H29NO4Si. The van der Waals surface area contributed by atoms with Gasteiger partial charge in [0.1, 0.15) is 12.3 Å². The fourth-order valence-electron chi connectivity index (χ4n) is 1.74.